The summed E-state index contributed by atoms with van der Waals surface area (Å²) < 4.78 is 0. The first-order chi connectivity index (χ1) is 11.4. The highest BCUT2D eigenvalue weighted by Crippen LogP contribution is 2.68. The van der Waals surface area contributed by atoms with Crippen molar-refractivity contribution in [2.24, 2.45) is 52.1 Å². The summed E-state index contributed by atoms with van der Waals surface area (Å²) in [6.45, 7) is 10.3. The summed E-state index contributed by atoms with van der Waals surface area (Å²) in [6, 6.07) is 0.495. The molecule has 0 saturated heterocycles. The second-order valence-corrected chi connectivity index (χ2v) is 10.8. The summed E-state index contributed by atoms with van der Waals surface area (Å²) in [7, 11) is 0. The van der Waals surface area contributed by atoms with Crippen LogP contribution in [0.25, 0.3) is 0 Å². The van der Waals surface area contributed by atoms with Crippen LogP contribution in [-0.2, 0) is 0 Å². The van der Waals surface area contributed by atoms with Crippen molar-refractivity contribution in [2.75, 3.05) is 0 Å². The van der Waals surface area contributed by atoms with Crippen molar-refractivity contribution in [3.63, 3.8) is 0 Å². The van der Waals surface area contributed by atoms with E-state index in [4.69, 9.17) is 5.73 Å². The van der Waals surface area contributed by atoms with Gasteiger partial charge in [0.1, 0.15) is 0 Å². The molecule has 2 unspecified atom stereocenters. The van der Waals surface area contributed by atoms with Gasteiger partial charge in [-0.05, 0) is 104 Å². The molecule has 0 aromatic rings. The van der Waals surface area contributed by atoms with Gasteiger partial charge in [0.15, 0.2) is 0 Å². The summed E-state index contributed by atoms with van der Waals surface area (Å²) in [5.41, 5.74) is 7.62. The van der Waals surface area contributed by atoms with Crippen LogP contribution in [0.4, 0.5) is 0 Å². The predicted octanol–water partition coefficient (Wildman–Crippen LogP) is 6.02. The molecule has 2 N–H and O–H groups in total. The molecule has 0 aromatic heterocycles. The number of rotatable bonds is 2. The van der Waals surface area contributed by atoms with Gasteiger partial charge in [0.2, 0.25) is 0 Å². The van der Waals surface area contributed by atoms with Crippen molar-refractivity contribution >= 4 is 0 Å². The third-order valence-electron chi connectivity index (χ3n) is 10.1. The van der Waals surface area contributed by atoms with E-state index in [0.29, 0.717) is 16.9 Å². The molecular weight excluding hydrogens is 290 g/mol. The minimum atomic E-state index is 0.495. The molecule has 4 rings (SSSR count). The molecule has 4 aliphatic carbocycles. The van der Waals surface area contributed by atoms with Crippen molar-refractivity contribution < 1.29 is 0 Å². The Kier molecular flexibility index (Phi) is 4.34. The quantitative estimate of drug-likeness (QED) is 0.658. The smallest absolute Gasteiger partial charge is 0.00418 e. The van der Waals surface area contributed by atoms with Crippen LogP contribution in [0.3, 0.4) is 0 Å². The van der Waals surface area contributed by atoms with Gasteiger partial charge >= 0.3 is 0 Å². The maximum absolute atomic E-state index is 6.34. The first kappa shape index (κ1) is 17.4. The van der Waals surface area contributed by atoms with Crippen LogP contribution < -0.4 is 5.73 Å². The number of hydrogen-bond acceptors (Lipinski definition) is 1. The van der Waals surface area contributed by atoms with Crippen LogP contribution >= 0.6 is 0 Å². The molecule has 0 radical (unpaired) electrons. The Labute approximate surface area is 150 Å². The maximum atomic E-state index is 6.34. The van der Waals surface area contributed by atoms with Gasteiger partial charge in [0, 0.05) is 6.04 Å². The molecule has 4 aliphatic rings. The van der Waals surface area contributed by atoms with Crippen molar-refractivity contribution in [1.29, 1.82) is 0 Å². The van der Waals surface area contributed by atoms with Crippen molar-refractivity contribution in [2.45, 2.75) is 97.9 Å². The lowest BCUT2D eigenvalue weighted by Crippen LogP contribution is -2.54. The van der Waals surface area contributed by atoms with E-state index in [1.165, 1.54) is 64.2 Å². The molecule has 0 aromatic carbocycles. The average Bonchev–Trinajstić information content (AvgIpc) is 2.92. The normalized spacial score (nSPS) is 55.4. The molecule has 0 aliphatic heterocycles. The van der Waals surface area contributed by atoms with Gasteiger partial charge in [-0.1, -0.05) is 34.1 Å². The highest BCUT2D eigenvalue weighted by atomic mass is 14.7. The number of fused-ring (bicyclic) bond motifs is 5. The number of hydrogen-bond donors (Lipinski definition) is 1. The van der Waals surface area contributed by atoms with Crippen molar-refractivity contribution in [3.8, 4) is 0 Å². The van der Waals surface area contributed by atoms with E-state index >= 15 is 0 Å². The first-order valence-electron chi connectivity index (χ1n) is 11.2. The fraction of sp³-hybridized carbons (Fsp3) is 1.00. The minimum absolute atomic E-state index is 0.495. The lowest BCUT2D eigenvalue weighted by Gasteiger charge is -2.61. The maximum Gasteiger partial charge on any atom is 0.00418 e. The molecule has 0 amide bonds. The van der Waals surface area contributed by atoms with E-state index in [2.05, 4.69) is 27.7 Å². The molecule has 9 atom stereocenters. The minimum Gasteiger partial charge on any atom is -0.328 e. The van der Waals surface area contributed by atoms with Gasteiger partial charge in [-0.2, -0.15) is 0 Å². The van der Waals surface area contributed by atoms with Gasteiger partial charge in [-0.15, -0.1) is 0 Å². The van der Waals surface area contributed by atoms with Crippen LogP contribution in [0.5, 0.6) is 0 Å². The van der Waals surface area contributed by atoms with Gasteiger partial charge in [-0.25, -0.2) is 0 Å². The molecule has 1 heteroatoms. The fourth-order valence-corrected chi connectivity index (χ4v) is 8.55. The fourth-order valence-electron chi connectivity index (χ4n) is 8.55. The SMILES string of the molecule is CCC(C)C1CC[C@H]2[C@@H]3CC[C@@H]4C[C@H](N)CC[C@]4(C)[C@H]3CC[C@]12C. The lowest BCUT2D eigenvalue weighted by atomic mass is 9.44. The zero-order chi connectivity index (χ0) is 17.1. The molecular formula is C23H41N. The van der Waals surface area contributed by atoms with Gasteiger partial charge in [0.25, 0.3) is 0 Å². The second-order valence-electron chi connectivity index (χ2n) is 10.8. The van der Waals surface area contributed by atoms with E-state index in [-0.39, 0.29) is 0 Å². The Balaban J connectivity index is 1.59. The Bertz CT molecular complexity index is 473. The van der Waals surface area contributed by atoms with Crippen LogP contribution in [0.15, 0.2) is 0 Å². The Morgan fingerprint density at radius 1 is 0.917 bits per heavy atom. The van der Waals surface area contributed by atoms with Gasteiger partial charge < -0.3 is 5.73 Å². The summed E-state index contributed by atoms with van der Waals surface area (Å²) in [6.07, 6.45) is 14.5. The summed E-state index contributed by atoms with van der Waals surface area (Å²) in [5, 5.41) is 0. The van der Waals surface area contributed by atoms with Crippen LogP contribution in [0, 0.1) is 46.3 Å². The van der Waals surface area contributed by atoms with Crippen molar-refractivity contribution in [1.82, 2.24) is 0 Å². The number of nitrogens with two attached hydrogens (primary N) is 1. The van der Waals surface area contributed by atoms with E-state index in [1.54, 1.807) is 0 Å². The molecule has 0 spiro atoms. The molecule has 138 valence electrons. The summed E-state index contributed by atoms with van der Waals surface area (Å²) >= 11 is 0. The second kappa shape index (κ2) is 6.00. The van der Waals surface area contributed by atoms with Crippen LogP contribution in [-0.4, -0.2) is 6.04 Å². The standard InChI is InChI=1S/C23H41N/c1-5-15(2)19-8-9-20-18-7-6-16-14-17(24)10-12-22(16,3)21(18)11-13-23(19,20)4/h15-21H,5-14,24H2,1-4H3/t15?,16-,17-,18+,19?,20+,21+,22+,23-/m1/s1. The van der Waals surface area contributed by atoms with Crippen molar-refractivity contribution in [3.05, 3.63) is 0 Å². The van der Waals surface area contributed by atoms with E-state index in [9.17, 15) is 0 Å². The molecule has 4 saturated carbocycles. The monoisotopic (exact) mass is 331 g/mol. The molecule has 0 heterocycles. The molecule has 4 fully saturated rings. The Morgan fingerprint density at radius 2 is 1.62 bits per heavy atom. The van der Waals surface area contributed by atoms with Crippen LogP contribution in [0.2, 0.25) is 0 Å². The first-order valence-corrected chi connectivity index (χ1v) is 11.2. The van der Waals surface area contributed by atoms with Gasteiger partial charge in [-0.3, -0.25) is 0 Å². The Morgan fingerprint density at radius 3 is 2.38 bits per heavy atom. The molecule has 24 heavy (non-hydrogen) atoms. The third kappa shape index (κ3) is 2.36. The summed E-state index contributed by atoms with van der Waals surface area (Å²) in [5.74, 6) is 5.93. The average molecular weight is 332 g/mol. The lowest BCUT2D eigenvalue weighted by molar-refractivity contribution is -0.116. The highest BCUT2D eigenvalue weighted by molar-refractivity contribution is 5.09. The van der Waals surface area contributed by atoms with Gasteiger partial charge in [0.05, 0.1) is 0 Å². The predicted molar refractivity (Wildman–Crippen MR) is 103 cm³/mol. The zero-order valence-corrected chi connectivity index (χ0v) is 16.7. The van der Waals surface area contributed by atoms with Crippen LogP contribution in [0.1, 0.15) is 91.9 Å². The van der Waals surface area contributed by atoms with E-state index in [0.717, 1.165) is 35.5 Å². The topological polar surface area (TPSA) is 26.0 Å². The largest absolute Gasteiger partial charge is 0.328 e. The summed E-state index contributed by atoms with van der Waals surface area (Å²) in [4.78, 5) is 0. The van der Waals surface area contributed by atoms with E-state index < -0.39 is 0 Å². The van der Waals surface area contributed by atoms with E-state index in [1.807, 2.05) is 0 Å². The highest BCUT2D eigenvalue weighted by Gasteiger charge is 2.60. The zero-order valence-electron chi connectivity index (χ0n) is 16.7. The molecule has 1 nitrogen and oxygen atoms in total. The third-order valence-corrected chi connectivity index (χ3v) is 10.1. The molecule has 0 bridgehead atoms. The Hall–Kier alpha value is -0.0400.